The number of esters is 1. The van der Waals surface area contributed by atoms with Gasteiger partial charge in [-0.2, -0.15) is 4.31 Å². The lowest BCUT2D eigenvalue weighted by Gasteiger charge is -2.34. The molecule has 4 rings (SSSR count). The van der Waals surface area contributed by atoms with Crippen LogP contribution in [0.25, 0.3) is 0 Å². The second kappa shape index (κ2) is 6.89. The number of methoxy groups -OCH3 is 1. The van der Waals surface area contributed by atoms with Crippen molar-refractivity contribution in [3.63, 3.8) is 0 Å². The Morgan fingerprint density at radius 3 is 2.48 bits per heavy atom. The summed E-state index contributed by atoms with van der Waals surface area (Å²) in [5, 5.41) is 2.13. The van der Waals surface area contributed by atoms with Gasteiger partial charge in [0.15, 0.2) is 11.5 Å². The average Bonchev–Trinajstić information content (AvgIpc) is 3.07. The number of carbonyl (C=O) groups excluding carboxylic acids is 3. The van der Waals surface area contributed by atoms with Gasteiger partial charge in [0.25, 0.3) is 5.91 Å². The van der Waals surface area contributed by atoms with Gasteiger partial charge in [-0.25, -0.2) is 8.42 Å². The summed E-state index contributed by atoms with van der Waals surface area (Å²) in [4.78, 5) is 38.1. The maximum absolute atomic E-state index is 13.4. The number of hydrogen-bond acceptors (Lipinski definition) is 6. The van der Waals surface area contributed by atoms with Crippen molar-refractivity contribution in [3.05, 3.63) is 63.2 Å². The van der Waals surface area contributed by atoms with Crippen molar-refractivity contribution in [1.29, 1.82) is 0 Å². The molecule has 0 bridgehead atoms. The Balaban J connectivity index is 1.99. The number of sulfonamides is 1. The van der Waals surface area contributed by atoms with E-state index in [1.165, 1.54) is 18.2 Å². The van der Waals surface area contributed by atoms with E-state index < -0.39 is 39.3 Å². The van der Waals surface area contributed by atoms with Crippen molar-refractivity contribution in [2.45, 2.75) is 17.0 Å². The molecule has 0 radical (unpaired) electrons. The minimum atomic E-state index is -4.17. The zero-order valence-corrected chi connectivity index (χ0v) is 18.1. The maximum Gasteiger partial charge on any atom is 0.321 e. The summed E-state index contributed by atoms with van der Waals surface area (Å²) in [6.45, 7) is -0.192. The normalized spacial score (nSPS) is 25.1. The predicted octanol–water partition coefficient (Wildman–Crippen LogP) is 1.14. The molecule has 10 heteroatoms. The van der Waals surface area contributed by atoms with Gasteiger partial charge in [0.1, 0.15) is 0 Å². The van der Waals surface area contributed by atoms with Crippen LogP contribution < -0.4 is 5.32 Å². The van der Waals surface area contributed by atoms with Gasteiger partial charge in [-0.1, -0.05) is 30.3 Å². The Bertz CT molecular complexity index is 1150. The molecule has 1 spiro atoms. The Hall–Kier alpha value is -2.31. The lowest BCUT2D eigenvalue weighted by Crippen LogP contribution is -2.54. The van der Waals surface area contributed by atoms with Gasteiger partial charge >= 0.3 is 5.97 Å². The molecule has 2 aromatic rings. The first kappa shape index (κ1) is 20.0. The number of hydrogen-bond donors (Lipinski definition) is 1. The topological polar surface area (TPSA) is 110 Å². The van der Waals surface area contributed by atoms with Crippen LogP contribution in [0.3, 0.4) is 0 Å². The smallest absolute Gasteiger partial charge is 0.321 e. The third kappa shape index (κ3) is 2.73. The minimum Gasteiger partial charge on any atom is -0.468 e. The zero-order valence-electron chi connectivity index (χ0n) is 15.1. The lowest BCUT2D eigenvalue weighted by atomic mass is 9.79. The van der Waals surface area contributed by atoms with Crippen LogP contribution >= 0.6 is 22.6 Å². The van der Waals surface area contributed by atoms with Crippen molar-refractivity contribution in [2.24, 2.45) is 5.92 Å². The highest BCUT2D eigenvalue weighted by Gasteiger charge is 2.70. The average molecular weight is 526 g/mol. The number of rotatable bonds is 3. The van der Waals surface area contributed by atoms with Crippen molar-refractivity contribution >= 4 is 50.4 Å². The van der Waals surface area contributed by atoms with Gasteiger partial charge < -0.3 is 4.74 Å². The molecule has 0 saturated carbocycles. The van der Waals surface area contributed by atoms with Crippen LogP contribution in [-0.4, -0.2) is 37.6 Å². The number of benzene rings is 2. The van der Waals surface area contributed by atoms with Crippen molar-refractivity contribution in [3.8, 4) is 0 Å². The van der Waals surface area contributed by atoms with Crippen molar-refractivity contribution in [2.75, 3.05) is 7.11 Å². The van der Waals surface area contributed by atoms with Crippen molar-refractivity contribution < 1.29 is 27.5 Å². The molecule has 2 aliphatic rings. The van der Waals surface area contributed by atoms with Crippen LogP contribution in [0.1, 0.15) is 11.1 Å². The molecule has 0 aliphatic carbocycles. The number of nitrogens with zero attached hydrogens (tertiary/aromatic N) is 1. The Morgan fingerprint density at radius 1 is 1.17 bits per heavy atom. The molecular formula is C19H15IN2O6S. The van der Waals surface area contributed by atoms with E-state index in [1.54, 1.807) is 30.3 Å². The van der Waals surface area contributed by atoms with E-state index in [9.17, 15) is 22.8 Å². The second-order valence-electron chi connectivity index (χ2n) is 6.68. The number of fused-ring (bicyclic) bond motifs is 2. The molecule has 2 amide bonds. The monoisotopic (exact) mass is 526 g/mol. The van der Waals surface area contributed by atoms with Gasteiger partial charge in [-0.15, -0.1) is 0 Å². The fourth-order valence-corrected chi connectivity index (χ4v) is 6.28. The molecule has 150 valence electrons. The van der Waals surface area contributed by atoms with E-state index in [0.717, 1.165) is 15.0 Å². The number of halogens is 1. The van der Waals surface area contributed by atoms with Gasteiger partial charge in [0.05, 0.1) is 12.0 Å². The molecule has 29 heavy (non-hydrogen) atoms. The second-order valence-corrected chi connectivity index (χ2v) is 9.75. The number of amides is 2. The van der Waals surface area contributed by atoms with Crippen LogP contribution in [-0.2, 0) is 41.2 Å². The molecule has 2 aromatic carbocycles. The molecule has 1 N–H and O–H groups in total. The highest BCUT2D eigenvalue weighted by Crippen LogP contribution is 2.52. The molecule has 1 saturated heterocycles. The standard InChI is InChI=1S/C19H15IN2O6S/c1-28-17(24)15-16(23)21-18(25)19(15)13-4-2-3-5-14(13)29(26,27)22(19)10-11-6-8-12(20)9-7-11/h2-9,15H,10H2,1H3,(H,21,23,25). The lowest BCUT2D eigenvalue weighted by molar-refractivity contribution is -0.154. The van der Waals surface area contributed by atoms with Crippen LogP contribution in [0.4, 0.5) is 0 Å². The Labute approximate surface area is 180 Å². The molecule has 8 nitrogen and oxygen atoms in total. The number of ether oxygens (including phenoxy) is 1. The number of nitrogens with one attached hydrogen (secondary N) is 1. The summed E-state index contributed by atoms with van der Waals surface area (Å²) in [6.07, 6.45) is 0. The first-order valence-electron chi connectivity index (χ1n) is 8.54. The Morgan fingerprint density at radius 2 is 1.83 bits per heavy atom. The van der Waals surface area contributed by atoms with Crippen LogP contribution in [0.5, 0.6) is 0 Å². The molecule has 2 heterocycles. The van der Waals surface area contributed by atoms with E-state index in [1.807, 2.05) is 0 Å². The van der Waals surface area contributed by atoms with E-state index >= 15 is 0 Å². The number of imide groups is 1. The molecule has 1 fully saturated rings. The third-order valence-corrected chi connectivity index (χ3v) is 7.83. The maximum atomic E-state index is 13.4. The predicted molar refractivity (Wildman–Crippen MR) is 109 cm³/mol. The van der Waals surface area contributed by atoms with Crippen LogP contribution in [0, 0.1) is 9.49 Å². The Kier molecular flexibility index (Phi) is 4.74. The van der Waals surface area contributed by atoms with E-state index in [0.29, 0.717) is 5.56 Å². The SMILES string of the molecule is COC(=O)C1C(=O)NC(=O)C12c1ccccc1S(=O)(=O)N2Cc1ccc(I)cc1. The summed E-state index contributed by atoms with van der Waals surface area (Å²) in [5.41, 5.74) is -1.34. The summed E-state index contributed by atoms with van der Waals surface area (Å²) in [6, 6.07) is 13.0. The summed E-state index contributed by atoms with van der Waals surface area (Å²) in [7, 11) is -3.08. The fraction of sp³-hybridized carbons (Fsp3) is 0.211. The summed E-state index contributed by atoms with van der Waals surface area (Å²) in [5.74, 6) is -4.38. The van der Waals surface area contributed by atoms with Gasteiger partial charge in [-0.3, -0.25) is 19.7 Å². The highest BCUT2D eigenvalue weighted by atomic mass is 127. The molecule has 2 atom stereocenters. The number of carbonyl (C=O) groups is 3. The molecule has 2 unspecified atom stereocenters. The third-order valence-electron chi connectivity index (χ3n) is 5.20. The largest absolute Gasteiger partial charge is 0.468 e. The van der Waals surface area contributed by atoms with Gasteiger partial charge in [0, 0.05) is 15.7 Å². The van der Waals surface area contributed by atoms with Crippen LogP contribution in [0.2, 0.25) is 0 Å². The summed E-state index contributed by atoms with van der Waals surface area (Å²) < 4.78 is 33.5. The molecule has 0 aromatic heterocycles. The van der Waals surface area contributed by atoms with E-state index in [2.05, 4.69) is 27.9 Å². The van der Waals surface area contributed by atoms with Crippen LogP contribution in [0.15, 0.2) is 53.4 Å². The zero-order chi connectivity index (χ0) is 21.0. The first-order chi connectivity index (χ1) is 13.7. The quantitative estimate of drug-likeness (QED) is 0.278. The van der Waals surface area contributed by atoms with E-state index in [-0.39, 0.29) is 17.0 Å². The van der Waals surface area contributed by atoms with Gasteiger partial charge in [0.2, 0.25) is 15.9 Å². The summed E-state index contributed by atoms with van der Waals surface area (Å²) >= 11 is 2.12. The van der Waals surface area contributed by atoms with Gasteiger partial charge in [-0.05, 0) is 46.4 Å². The molecule has 2 aliphatic heterocycles. The first-order valence-corrected chi connectivity index (χ1v) is 11.1. The van der Waals surface area contributed by atoms with E-state index in [4.69, 9.17) is 4.74 Å². The highest BCUT2D eigenvalue weighted by molar-refractivity contribution is 14.1. The molecular weight excluding hydrogens is 511 g/mol. The van der Waals surface area contributed by atoms with Crippen molar-refractivity contribution in [1.82, 2.24) is 9.62 Å². The minimum absolute atomic E-state index is 0.0873. The fourth-order valence-electron chi connectivity index (χ4n) is 3.95.